The van der Waals surface area contributed by atoms with Gasteiger partial charge in [0.1, 0.15) is 40.7 Å². The largest absolute Gasteiger partial charge is 0.480 e. The van der Waals surface area contributed by atoms with Crippen LogP contribution in [0.3, 0.4) is 0 Å². The lowest BCUT2D eigenvalue weighted by Gasteiger charge is -2.20. The molecular formula is C22H18F6N4O4. The molecule has 0 bridgehead atoms. The summed E-state index contributed by atoms with van der Waals surface area (Å²) in [6.45, 7) is 0.801. The Morgan fingerprint density at radius 1 is 1.19 bits per heavy atom. The van der Waals surface area contributed by atoms with Crippen molar-refractivity contribution in [2.24, 2.45) is 0 Å². The van der Waals surface area contributed by atoms with Crippen molar-refractivity contribution in [2.75, 3.05) is 5.32 Å². The van der Waals surface area contributed by atoms with Gasteiger partial charge in [0.15, 0.2) is 11.9 Å². The fraction of sp³-hybridized carbons (Fsp3) is 0.318. The maximum Gasteiger partial charge on any atom is 0.425 e. The highest BCUT2D eigenvalue weighted by Crippen LogP contribution is 2.32. The maximum atomic E-state index is 15.1. The van der Waals surface area contributed by atoms with Gasteiger partial charge in [0.25, 0.3) is 5.91 Å². The van der Waals surface area contributed by atoms with E-state index in [9.17, 15) is 36.6 Å². The zero-order chi connectivity index (χ0) is 26.4. The number of ether oxygens (including phenoxy) is 1. The minimum atomic E-state index is -4.89. The Morgan fingerprint density at radius 3 is 2.47 bits per heavy atom. The number of nitrogens with one attached hydrogen (secondary N) is 1. The molecule has 0 saturated heterocycles. The van der Waals surface area contributed by atoms with E-state index in [0.29, 0.717) is 36.6 Å². The molecule has 2 heterocycles. The van der Waals surface area contributed by atoms with Crippen LogP contribution in [-0.2, 0) is 6.54 Å². The van der Waals surface area contributed by atoms with Gasteiger partial charge in [-0.25, -0.2) is 18.0 Å². The summed E-state index contributed by atoms with van der Waals surface area (Å²) < 4.78 is 89.1. The maximum absolute atomic E-state index is 15.1. The summed E-state index contributed by atoms with van der Waals surface area (Å²) in [7, 11) is 0. The van der Waals surface area contributed by atoms with Crippen molar-refractivity contribution in [2.45, 2.75) is 44.7 Å². The number of rotatable bonds is 5. The van der Waals surface area contributed by atoms with Crippen molar-refractivity contribution >= 4 is 11.6 Å². The van der Waals surface area contributed by atoms with Crippen LogP contribution >= 0.6 is 0 Å². The van der Waals surface area contributed by atoms with Gasteiger partial charge in [0, 0.05) is 12.6 Å². The Balaban J connectivity index is 1.82. The van der Waals surface area contributed by atoms with Crippen LogP contribution in [0.4, 0.5) is 32.0 Å². The summed E-state index contributed by atoms with van der Waals surface area (Å²) in [6.07, 6.45) is -7.76. The second-order valence-electron chi connectivity index (χ2n) is 8.01. The van der Waals surface area contributed by atoms with E-state index >= 15 is 4.39 Å². The average Bonchev–Trinajstić information content (AvgIpc) is 3.14. The number of benzene rings is 2. The lowest BCUT2D eigenvalue weighted by atomic mass is 10.1. The van der Waals surface area contributed by atoms with E-state index in [-0.39, 0.29) is 12.4 Å². The molecule has 192 valence electrons. The molecule has 0 spiro atoms. The van der Waals surface area contributed by atoms with Crippen molar-refractivity contribution in [3.8, 4) is 11.4 Å². The molecule has 2 N–H and O–H groups in total. The summed E-state index contributed by atoms with van der Waals surface area (Å²) in [4.78, 5) is 25.5. The number of carbonyl (C=O) groups excluding carboxylic acids is 1. The van der Waals surface area contributed by atoms with Crippen LogP contribution in [-0.4, -0.2) is 37.6 Å². The van der Waals surface area contributed by atoms with Crippen LogP contribution in [0.15, 0.2) is 35.1 Å². The number of hydrogen-bond acceptors (Lipinski definition) is 5. The number of aliphatic hydroxyl groups is 1. The zero-order valence-corrected chi connectivity index (χ0v) is 18.4. The van der Waals surface area contributed by atoms with E-state index < -0.39 is 70.1 Å². The van der Waals surface area contributed by atoms with Gasteiger partial charge in [-0.05, 0) is 38.0 Å². The molecule has 1 unspecified atom stereocenters. The smallest absolute Gasteiger partial charge is 0.425 e. The zero-order valence-electron chi connectivity index (χ0n) is 18.4. The number of carbonyl (C=O) groups is 1. The van der Waals surface area contributed by atoms with Gasteiger partial charge in [0.2, 0.25) is 0 Å². The first-order valence-corrected chi connectivity index (χ1v) is 10.6. The molecule has 4 rings (SSSR count). The molecule has 0 radical (unpaired) electrons. The number of halogens is 6. The summed E-state index contributed by atoms with van der Waals surface area (Å²) >= 11 is 0. The summed E-state index contributed by atoms with van der Waals surface area (Å²) in [5.41, 5.74) is -3.27. The van der Waals surface area contributed by atoms with E-state index in [1.165, 1.54) is 0 Å². The first-order chi connectivity index (χ1) is 16.9. The number of hydrogen-bond donors (Lipinski definition) is 2. The van der Waals surface area contributed by atoms with Gasteiger partial charge >= 0.3 is 11.9 Å². The molecule has 3 aromatic rings. The molecule has 0 aliphatic carbocycles. The molecule has 2 atom stereocenters. The van der Waals surface area contributed by atoms with Crippen molar-refractivity contribution < 1.29 is 41.0 Å². The molecular weight excluding hydrogens is 498 g/mol. The summed E-state index contributed by atoms with van der Waals surface area (Å²) in [5.74, 6) is -5.90. The molecule has 2 aromatic carbocycles. The Morgan fingerprint density at radius 2 is 1.86 bits per heavy atom. The number of aromatic nitrogens is 3. The molecule has 14 heteroatoms. The van der Waals surface area contributed by atoms with Crippen LogP contribution in [0.1, 0.15) is 42.1 Å². The number of aliphatic hydroxyl groups excluding tert-OH is 1. The minimum absolute atomic E-state index is 0.0615. The van der Waals surface area contributed by atoms with Crippen LogP contribution in [0.5, 0.6) is 5.75 Å². The van der Waals surface area contributed by atoms with Gasteiger partial charge in [0.05, 0.1) is 5.56 Å². The Labute approximate surface area is 198 Å². The van der Waals surface area contributed by atoms with Gasteiger partial charge < -0.3 is 15.2 Å². The van der Waals surface area contributed by atoms with Crippen LogP contribution in [0.25, 0.3) is 5.69 Å². The van der Waals surface area contributed by atoms with E-state index in [2.05, 4.69) is 5.10 Å². The second kappa shape index (κ2) is 9.33. The number of alkyl halides is 3. The molecule has 0 saturated carbocycles. The predicted molar refractivity (Wildman–Crippen MR) is 112 cm³/mol. The van der Waals surface area contributed by atoms with Gasteiger partial charge in [-0.2, -0.15) is 17.9 Å². The highest BCUT2D eigenvalue weighted by Gasteiger charge is 2.39. The SMILES string of the molecule is C[C@H](Oc1cc(-n2nc3n(c2=O)CCCC3O)c(F)cc1C(=O)Nc1c(F)cccc1F)C(F)(F)F. The Bertz CT molecular complexity index is 1360. The third-order valence-electron chi connectivity index (χ3n) is 5.54. The van der Waals surface area contributed by atoms with Crippen molar-refractivity contribution in [1.29, 1.82) is 0 Å². The fourth-order valence-electron chi connectivity index (χ4n) is 3.63. The van der Waals surface area contributed by atoms with Gasteiger partial charge in [-0.3, -0.25) is 9.36 Å². The van der Waals surface area contributed by atoms with E-state index in [0.717, 1.165) is 22.8 Å². The molecule has 1 aromatic heterocycles. The lowest BCUT2D eigenvalue weighted by molar-refractivity contribution is -0.189. The molecule has 0 fully saturated rings. The summed E-state index contributed by atoms with van der Waals surface area (Å²) in [6, 6.07) is 3.78. The third-order valence-corrected chi connectivity index (χ3v) is 5.54. The average molecular weight is 516 g/mol. The monoisotopic (exact) mass is 516 g/mol. The predicted octanol–water partition coefficient (Wildman–Crippen LogP) is 3.86. The topological polar surface area (TPSA) is 98.4 Å². The van der Waals surface area contributed by atoms with Crippen LogP contribution < -0.4 is 15.7 Å². The first kappa shape index (κ1) is 25.3. The number of amides is 1. The van der Waals surface area contributed by atoms with E-state index in [1.54, 1.807) is 0 Å². The number of anilines is 1. The molecule has 1 aliphatic heterocycles. The minimum Gasteiger partial charge on any atom is -0.480 e. The highest BCUT2D eigenvalue weighted by molar-refractivity contribution is 6.06. The number of para-hydroxylation sites is 1. The molecule has 8 nitrogen and oxygen atoms in total. The standard InChI is InChI=1S/C22H18F6N4O4/c1-10(22(26,27)28)36-17-9-15(32-21(35)31-7-3-6-16(33)19(31)30-32)14(25)8-11(17)20(34)29-18-12(23)4-2-5-13(18)24/h2,4-5,8-10,16,33H,3,6-7H2,1H3,(H,29,34)/t10-,16?/m0/s1. The van der Waals surface area contributed by atoms with Crippen LogP contribution in [0, 0.1) is 17.5 Å². The Kier molecular flexibility index (Phi) is 6.56. The second-order valence-corrected chi connectivity index (χ2v) is 8.01. The van der Waals surface area contributed by atoms with Gasteiger partial charge in [-0.15, -0.1) is 5.10 Å². The normalized spacial score (nSPS) is 16.4. The first-order valence-electron chi connectivity index (χ1n) is 10.6. The third kappa shape index (κ3) is 4.67. The number of nitrogens with zero attached hydrogens (tertiary/aromatic N) is 3. The van der Waals surface area contributed by atoms with Gasteiger partial charge in [-0.1, -0.05) is 6.07 Å². The fourth-order valence-corrected chi connectivity index (χ4v) is 3.63. The Hall–Kier alpha value is -3.81. The number of fused-ring (bicyclic) bond motifs is 1. The summed E-state index contributed by atoms with van der Waals surface area (Å²) in [5, 5.41) is 15.8. The molecule has 1 aliphatic rings. The van der Waals surface area contributed by atoms with Crippen molar-refractivity contribution in [1.82, 2.24) is 14.3 Å². The lowest BCUT2D eigenvalue weighted by Crippen LogP contribution is -2.32. The van der Waals surface area contributed by atoms with E-state index in [1.807, 2.05) is 5.32 Å². The quantitative estimate of drug-likeness (QED) is 0.502. The van der Waals surface area contributed by atoms with Crippen molar-refractivity contribution in [3.63, 3.8) is 0 Å². The van der Waals surface area contributed by atoms with E-state index in [4.69, 9.17) is 4.74 Å². The van der Waals surface area contributed by atoms with Crippen LogP contribution in [0.2, 0.25) is 0 Å². The van der Waals surface area contributed by atoms with Crippen molar-refractivity contribution in [3.05, 3.63) is 69.7 Å². The highest BCUT2D eigenvalue weighted by atomic mass is 19.4. The molecule has 36 heavy (non-hydrogen) atoms. The molecule has 1 amide bonds.